The number of amides is 4. The normalized spacial score (nSPS) is 12.3. The number of carbonyl (C=O) groups excluding carboxylic acids is 4. The molecular formula is C126H202N4O12. The first kappa shape index (κ1) is 124. The van der Waals surface area contributed by atoms with Crippen LogP contribution in [0.25, 0.3) is 48.6 Å². The van der Waals surface area contributed by atoms with E-state index in [2.05, 4.69) is 148 Å². The molecule has 0 spiro atoms. The van der Waals surface area contributed by atoms with E-state index >= 15 is 0 Å². The summed E-state index contributed by atoms with van der Waals surface area (Å²) in [5.74, 6) is 3.94. The second kappa shape index (κ2) is 79.6. The quantitative estimate of drug-likeness (QED) is 0.0213. The third-order valence-electron chi connectivity index (χ3n) is 26.4. The van der Waals surface area contributed by atoms with E-state index in [0.717, 1.165) is 156 Å². The van der Waals surface area contributed by atoms with Crippen molar-refractivity contribution >= 4 is 84.0 Å². The van der Waals surface area contributed by atoms with Gasteiger partial charge in [-0.1, -0.05) is 461 Å². The number of anilines is 2. The van der Waals surface area contributed by atoms with Crippen LogP contribution < -0.4 is 49.7 Å². The van der Waals surface area contributed by atoms with Crippen LogP contribution in [0.1, 0.15) is 527 Å². The Labute approximate surface area is 866 Å². The molecule has 2 atom stereocenters. The molecule has 0 heterocycles. The zero-order chi connectivity index (χ0) is 102. The van der Waals surface area contributed by atoms with Crippen molar-refractivity contribution in [2.24, 2.45) is 0 Å². The van der Waals surface area contributed by atoms with Crippen molar-refractivity contribution in [3.8, 4) is 34.5 Å². The highest BCUT2D eigenvalue weighted by Gasteiger charge is 2.25. The second-order valence-corrected chi connectivity index (χ2v) is 42.3. The van der Waals surface area contributed by atoms with Crippen LogP contribution in [0, 0.1) is 0 Å². The number of rotatable bonds is 86. The average Bonchev–Trinajstić information content (AvgIpc) is 0.807. The van der Waals surface area contributed by atoms with Gasteiger partial charge in [0.25, 0.3) is 0 Å². The summed E-state index contributed by atoms with van der Waals surface area (Å²) in [5.41, 5.74) is 7.14. The molecule has 0 aromatic heterocycles. The molecule has 2 unspecified atom stereocenters. The van der Waals surface area contributed by atoms with E-state index in [4.69, 9.17) is 37.9 Å². The van der Waals surface area contributed by atoms with E-state index in [1.807, 2.05) is 48.5 Å². The molecular weight excluding hydrogens is 1760 g/mol. The van der Waals surface area contributed by atoms with Crippen LogP contribution in [0.5, 0.6) is 34.5 Å². The maximum absolute atomic E-state index is 13.4. The van der Waals surface area contributed by atoms with Gasteiger partial charge in [0.05, 0.1) is 39.6 Å². The molecule has 142 heavy (non-hydrogen) atoms. The Balaban J connectivity index is 1.73. The summed E-state index contributed by atoms with van der Waals surface area (Å²) in [6.45, 7) is 31.2. The third-order valence-corrected chi connectivity index (χ3v) is 26.4. The summed E-state index contributed by atoms with van der Waals surface area (Å²) in [7, 11) is 0. The van der Waals surface area contributed by atoms with Gasteiger partial charge in [0.1, 0.15) is 57.8 Å². The summed E-state index contributed by atoms with van der Waals surface area (Å²) in [6, 6.07) is 26.9. The van der Waals surface area contributed by atoms with Crippen LogP contribution >= 0.6 is 0 Å². The molecule has 798 valence electrons. The third kappa shape index (κ3) is 60.9. The maximum atomic E-state index is 13.4. The molecule has 0 saturated carbocycles. The molecule has 0 radical (unpaired) electrons. The minimum Gasteiger partial charge on any atom is -0.493 e. The van der Waals surface area contributed by atoms with Crippen LogP contribution in [0.4, 0.5) is 21.0 Å². The van der Waals surface area contributed by atoms with E-state index in [9.17, 15) is 19.2 Å². The van der Waals surface area contributed by atoms with Crippen LogP contribution in [0.15, 0.2) is 84.9 Å². The number of ether oxygens (including phenoxy) is 8. The molecule has 4 N–H and O–H groups in total. The number of benzene rings is 5. The first-order valence-corrected chi connectivity index (χ1v) is 57.9. The van der Waals surface area contributed by atoms with Crippen LogP contribution in [-0.4, -0.2) is 86.9 Å². The van der Waals surface area contributed by atoms with Gasteiger partial charge in [-0.25, -0.2) is 9.59 Å². The number of hydrogen-bond donors (Lipinski definition) is 4. The van der Waals surface area contributed by atoms with Crippen molar-refractivity contribution in [1.82, 2.24) is 10.6 Å². The van der Waals surface area contributed by atoms with Crippen molar-refractivity contribution in [3.63, 3.8) is 0 Å². The van der Waals surface area contributed by atoms with Crippen molar-refractivity contribution in [2.75, 3.05) is 50.3 Å². The van der Waals surface area contributed by atoms with E-state index in [-0.39, 0.29) is 11.8 Å². The van der Waals surface area contributed by atoms with Gasteiger partial charge in [-0.05, 0) is 166 Å². The molecule has 0 bridgehead atoms. The summed E-state index contributed by atoms with van der Waals surface area (Å²) in [6.07, 6.45) is 89.5. The fourth-order valence-corrected chi connectivity index (χ4v) is 17.6. The summed E-state index contributed by atoms with van der Waals surface area (Å²) < 4.78 is 53.5. The van der Waals surface area contributed by atoms with E-state index in [0.29, 0.717) is 51.0 Å². The Bertz CT molecular complexity index is 3940. The molecule has 0 aliphatic carbocycles. The molecule has 16 heteroatoms. The van der Waals surface area contributed by atoms with Crippen LogP contribution in [0.2, 0.25) is 0 Å². The molecule has 0 saturated heterocycles. The second-order valence-electron chi connectivity index (χ2n) is 42.3. The monoisotopic (exact) mass is 1960 g/mol. The standard InChI is InChI=1S/C126H202N4O12/c1-15-21-27-33-39-45-51-57-63-69-91-135-115-99-109(117(137-93-71-65-59-53-47-41-35-29-23-17-3)97-107(115)81-75-105-77-87-113(88-78-105)129-121(131)103(7)127-123(133)141-125(9,10)11)83-85-111-101-120(140-96-74-68-62-56-50-44-38-32-26-20-6)112(102-119(111)139-95-73-67-61-55-49-43-37-31-25-19-5)86-84-110-100-116(136-92-70-64-58-52-46-40-34-28-22-16-2)108(98-118(110)138-94-72-66-60-54-48-42-36-30-24-18-4)82-76-106-79-89-114(90-80-106)130-122(132)104(8)128-124(134)142-126(12,13)14/h75-90,97-104H,15-74,91-96H2,1-14H3,(H,127,133)(H,128,134)(H,129,131)(H,130,132). The Morgan fingerprint density at radius 1 is 0.232 bits per heavy atom. The SMILES string of the molecule is CCCCCCCCCCCCOc1cc(C=Cc2cc(OCCCCCCCCCCCC)c(C=Cc3cc(OCCCCCCCCCCCC)c(C=Cc4ccc(NC(=O)C(C)NC(=O)OC(C)(C)C)cc4)cc3OCCCCCCCCCCCC)cc2OCCCCCCCCCCCC)c(OCCCCCCCCCCCC)cc1C=Cc1ccc(NC(=O)C(C)NC(=O)OC(C)(C)C)cc1. The van der Waals surface area contributed by atoms with Gasteiger partial charge in [-0.15, -0.1) is 0 Å². The molecule has 5 rings (SSSR count). The lowest BCUT2D eigenvalue weighted by atomic mass is 10.0. The molecule has 0 aliphatic rings. The Morgan fingerprint density at radius 2 is 0.387 bits per heavy atom. The van der Waals surface area contributed by atoms with E-state index in [1.165, 1.54) is 308 Å². The smallest absolute Gasteiger partial charge is 0.408 e. The van der Waals surface area contributed by atoms with Gasteiger partial charge < -0.3 is 59.2 Å². The van der Waals surface area contributed by atoms with Crippen LogP contribution in [-0.2, 0) is 19.1 Å². The zero-order valence-electron chi connectivity index (χ0n) is 92.4. The first-order chi connectivity index (χ1) is 69.0. The Kier molecular flexibility index (Phi) is 69.4. The molecule has 0 fully saturated rings. The predicted octanol–water partition coefficient (Wildman–Crippen LogP) is 37.9. The maximum Gasteiger partial charge on any atom is 0.408 e. The number of alkyl carbamates (subject to hydrolysis) is 2. The Hall–Kier alpha value is -8.66. The summed E-state index contributed by atoms with van der Waals surface area (Å²) in [5, 5.41) is 11.3. The molecule has 5 aromatic rings. The minimum absolute atomic E-state index is 0.352. The highest BCUT2D eigenvalue weighted by Crippen LogP contribution is 2.39. The number of unbranched alkanes of at least 4 members (excludes halogenated alkanes) is 54. The van der Waals surface area contributed by atoms with Crippen molar-refractivity contribution in [3.05, 3.63) is 129 Å². The number of carbonyl (C=O) groups is 4. The van der Waals surface area contributed by atoms with E-state index in [1.54, 1.807) is 55.4 Å². The van der Waals surface area contributed by atoms with Crippen LogP contribution in [0.3, 0.4) is 0 Å². The van der Waals surface area contributed by atoms with Gasteiger partial charge in [0.15, 0.2) is 0 Å². The molecule has 0 aliphatic heterocycles. The topological polar surface area (TPSA) is 190 Å². The van der Waals surface area contributed by atoms with Crippen molar-refractivity contribution < 1.29 is 57.1 Å². The van der Waals surface area contributed by atoms with E-state index < -0.39 is 35.5 Å². The van der Waals surface area contributed by atoms with Gasteiger partial charge >= 0.3 is 12.2 Å². The Morgan fingerprint density at radius 3 is 0.549 bits per heavy atom. The molecule has 5 aromatic carbocycles. The zero-order valence-corrected chi connectivity index (χ0v) is 92.4. The van der Waals surface area contributed by atoms with Gasteiger partial charge in [0, 0.05) is 44.8 Å². The fraction of sp³-hybridized carbons (Fsp3) is 0.667. The lowest BCUT2D eigenvalue weighted by Gasteiger charge is -2.21. The fourth-order valence-electron chi connectivity index (χ4n) is 17.6. The highest BCUT2D eigenvalue weighted by atomic mass is 16.6. The lowest BCUT2D eigenvalue weighted by molar-refractivity contribution is -0.118. The molecule has 4 amide bonds. The van der Waals surface area contributed by atoms with Crippen molar-refractivity contribution in [2.45, 2.75) is 505 Å². The highest BCUT2D eigenvalue weighted by molar-refractivity contribution is 5.97. The predicted molar refractivity (Wildman–Crippen MR) is 607 cm³/mol. The van der Waals surface area contributed by atoms with Gasteiger partial charge in [-0.3, -0.25) is 9.59 Å². The minimum atomic E-state index is -0.822. The lowest BCUT2D eigenvalue weighted by Crippen LogP contribution is -2.43. The molecule has 16 nitrogen and oxygen atoms in total. The summed E-state index contributed by atoms with van der Waals surface area (Å²) in [4.78, 5) is 52.0. The average molecular weight is 1970 g/mol. The number of hydrogen-bond acceptors (Lipinski definition) is 12. The largest absolute Gasteiger partial charge is 0.493 e. The summed E-state index contributed by atoms with van der Waals surface area (Å²) >= 11 is 0. The van der Waals surface area contributed by atoms with Gasteiger partial charge in [0.2, 0.25) is 11.8 Å². The van der Waals surface area contributed by atoms with Crippen molar-refractivity contribution in [1.29, 1.82) is 0 Å². The van der Waals surface area contributed by atoms with Gasteiger partial charge in [-0.2, -0.15) is 0 Å². The first-order valence-electron chi connectivity index (χ1n) is 57.9. The number of nitrogens with one attached hydrogen (secondary N) is 4.